The van der Waals surface area contributed by atoms with Gasteiger partial charge in [0.2, 0.25) is 0 Å². The highest BCUT2D eigenvalue weighted by molar-refractivity contribution is 5.93. The maximum absolute atomic E-state index is 12.7. The number of carbonyl (C=O) groups is 2. The minimum atomic E-state index is -0.188. The lowest BCUT2D eigenvalue weighted by Crippen LogP contribution is -2.45. The van der Waals surface area contributed by atoms with Gasteiger partial charge in [0.05, 0.1) is 13.0 Å². The first-order chi connectivity index (χ1) is 12.1. The highest BCUT2D eigenvalue weighted by Gasteiger charge is 2.29. The van der Waals surface area contributed by atoms with Gasteiger partial charge in [-0.05, 0) is 19.9 Å². The molecule has 2 aliphatic heterocycles. The summed E-state index contributed by atoms with van der Waals surface area (Å²) in [6, 6.07) is 1.78. The second-order valence-electron chi connectivity index (χ2n) is 6.64. The van der Waals surface area contributed by atoms with Crippen molar-refractivity contribution in [2.45, 2.75) is 12.8 Å². The zero-order valence-corrected chi connectivity index (χ0v) is 14.8. The Morgan fingerprint density at radius 3 is 2.40 bits per heavy atom. The third kappa shape index (κ3) is 4.07. The molecule has 0 saturated carbocycles. The Morgan fingerprint density at radius 1 is 1.08 bits per heavy atom. The molecule has 0 spiro atoms. The van der Waals surface area contributed by atoms with Crippen molar-refractivity contribution in [3.05, 3.63) is 18.1 Å². The standard InChI is InChI=1S/C17H25N5O3/c1-20-7-9-21(10-8-20)15-11-14(18-12-19-15)16(23)22-5-3-13(4-6-22)17(24)25-2/h11-13H,3-10H2,1-2H3. The molecule has 0 aromatic carbocycles. The number of piperazine rings is 1. The fourth-order valence-electron chi connectivity index (χ4n) is 3.32. The first-order valence-electron chi connectivity index (χ1n) is 8.71. The lowest BCUT2D eigenvalue weighted by Gasteiger charge is -2.33. The van der Waals surface area contributed by atoms with E-state index in [0.29, 0.717) is 31.6 Å². The van der Waals surface area contributed by atoms with E-state index in [9.17, 15) is 9.59 Å². The van der Waals surface area contributed by atoms with Gasteiger partial charge >= 0.3 is 5.97 Å². The van der Waals surface area contributed by atoms with E-state index in [1.807, 2.05) is 0 Å². The van der Waals surface area contributed by atoms with Crippen molar-refractivity contribution in [3.63, 3.8) is 0 Å². The SMILES string of the molecule is COC(=O)C1CCN(C(=O)c2cc(N3CCN(C)CC3)ncn2)CC1. The predicted molar refractivity (Wildman–Crippen MR) is 92.4 cm³/mol. The van der Waals surface area contributed by atoms with Crippen LogP contribution in [0.2, 0.25) is 0 Å². The molecule has 3 heterocycles. The Balaban J connectivity index is 1.63. The number of piperidine rings is 1. The highest BCUT2D eigenvalue weighted by atomic mass is 16.5. The van der Waals surface area contributed by atoms with Crippen LogP contribution in [0, 0.1) is 5.92 Å². The number of methoxy groups -OCH3 is 1. The van der Waals surface area contributed by atoms with Crippen LogP contribution in [-0.4, -0.2) is 85.1 Å². The van der Waals surface area contributed by atoms with E-state index in [4.69, 9.17) is 4.74 Å². The number of hydrogen-bond donors (Lipinski definition) is 0. The van der Waals surface area contributed by atoms with Gasteiger partial charge in [0.1, 0.15) is 17.8 Å². The summed E-state index contributed by atoms with van der Waals surface area (Å²) < 4.78 is 4.79. The Labute approximate surface area is 147 Å². The van der Waals surface area contributed by atoms with Crippen molar-refractivity contribution in [2.75, 3.05) is 58.3 Å². The smallest absolute Gasteiger partial charge is 0.308 e. The topological polar surface area (TPSA) is 78.9 Å². The molecule has 8 heteroatoms. The molecule has 0 radical (unpaired) electrons. The van der Waals surface area contributed by atoms with Gasteiger partial charge in [0, 0.05) is 45.3 Å². The van der Waals surface area contributed by atoms with E-state index in [0.717, 1.165) is 32.0 Å². The number of amides is 1. The largest absolute Gasteiger partial charge is 0.469 e. The summed E-state index contributed by atoms with van der Waals surface area (Å²) in [5.74, 6) is 0.406. The van der Waals surface area contributed by atoms with Crippen LogP contribution in [0.5, 0.6) is 0 Å². The van der Waals surface area contributed by atoms with Gasteiger partial charge in [-0.3, -0.25) is 9.59 Å². The van der Waals surface area contributed by atoms with Crippen LogP contribution in [0.1, 0.15) is 23.3 Å². The fraction of sp³-hybridized carbons (Fsp3) is 0.647. The Bertz CT molecular complexity index is 622. The van der Waals surface area contributed by atoms with Gasteiger partial charge in [-0.1, -0.05) is 0 Å². The molecule has 25 heavy (non-hydrogen) atoms. The van der Waals surface area contributed by atoms with Crippen LogP contribution in [-0.2, 0) is 9.53 Å². The van der Waals surface area contributed by atoms with Crippen LogP contribution in [0.3, 0.4) is 0 Å². The van der Waals surface area contributed by atoms with Gasteiger partial charge in [0.25, 0.3) is 5.91 Å². The molecule has 2 saturated heterocycles. The van der Waals surface area contributed by atoms with Crippen molar-refractivity contribution in [2.24, 2.45) is 5.92 Å². The number of rotatable bonds is 3. The predicted octanol–water partition coefficient (Wildman–Crippen LogP) is 0.254. The first-order valence-corrected chi connectivity index (χ1v) is 8.71. The van der Waals surface area contributed by atoms with Crippen LogP contribution in [0.15, 0.2) is 12.4 Å². The third-order valence-corrected chi connectivity index (χ3v) is 5.02. The van der Waals surface area contributed by atoms with Crippen molar-refractivity contribution in [3.8, 4) is 0 Å². The summed E-state index contributed by atoms with van der Waals surface area (Å²) in [4.78, 5) is 39.0. The molecule has 0 aliphatic carbocycles. The van der Waals surface area contributed by atoms with Crippen molar-refractivity contribution >= 4 is 17.7 Å². The molecule has 3 rings (SSSR count). The Hall–Kier alpha value is -2.22. The van der Waals surface area contributed by atoms with Crippen molar-refractivity contribution < 1.29 is 14.3 Å². The molecule has 0 N–H and O–H groups in total. The minimum Gasteiger partial charge on any atom is -0.469 e. The number of nitrogens with zero attached hydrogens (tertiary/aromatic N) is 5. The molecule has 136 valence electrons. The summed E-state index contributed by atoms with van der Waals surface area (Å²) in [7, 11) is 3.50. The normalized spacial score (nSPS) is 19.8. The van der Waals surface area contributed by atoms with Crippen molar-refractivity contribution in [1.82, 2.24) is 19.8 Å². The Morgan fingerprint density at radius 2 is 1.76 bits per heavy atom. The molecular formula is C17H25N5O3. The summed E-state index contributed by atoms with van der Waals surface area (Å²) >= 11 is 0. The van der Waals surface area contributed by atoms with E-state index >= 15 is 0 Å². The minimum absolute atomic E-state index is 0.0962. The summed E-state index contributed by atoms with van der Waals surface area (Å²) in [6.07, 6.45) is 2.73. The maximum Gasteiger partial charge on any atom is 0.308 e. The number of hydrogen-bond acceptors (Lipinski definition) is 7. The van der Waals surface area contributed by atoms with Crippen LogP contribution < -0.4 is 4.90 Å². The van der Waals surface area contributed by atoms with Crippen molar-refractivity contribution in [1.29, 1.82) is 0 Å². The number of likely N-dealkylation sites (N-methyl/N-ethyl adjacent to an activating group) is 1. The molecule has 1 aromatic heterocycles. The molecule has 8 nitrogen and oxygen atoms in total. The second kappa shape index (κ2) is 7.77. The molecule has 0 atom stereocenters. The molecule has 1 aromatic rings. The average molecular weight is 347 g/mol. The number of anilines is 1. The van der Waals surface area contributed by atoms with E-state index in [-0.39, 0.29) is 17.8 Å². The van der Waals surface area contributed by atoms with E-state index in [1.54, 1.807) is 11.0 Å². The van der Waals surface area contributed by atoms with Crippen LogP contribution in [0.25, 0.3) is 0 Å². The summed E-state index contributed by atoms with van der Waals surface area (Å²) in [5, 5.41) is 0. The third-order valence-electron chi connectivity index (χ3n) is 5.02. The number of aromatic nitrogens is 2. The number of carbonyl (C=O) groups excluding carboxylic acids is 2. The van der Waals surface area contributed by atoms with Crippen LogP contribution >= 0.6 is 0 Å². The fourth-order valence-corrected chi connectivity index (χ4v) is 3.32. The zero-order valence-electron chi connectivity index (χ0n) is 14.8. The lowest BCUT2D eigenvalue weighted by atomic mass is 9.97. The Kier molecular flexibility index (Phi) is 5.47. The lowest BCUT2D eigenvalue weighted by molar-refractivity contribution is -0.146. The molecule has 2 aliphatic rings. The van der Waals surface area contributed by atoms with Gasteiger partial charge in [-0.15, -0.1) is 0 Å². The molecule has 2 fully saturated rings. The monoisotopic (exact) mass is 347 g/mol. The number of esters is 1. The van der Waals surface area contributed by atoms with Gasteiger partial charge in [-0.25, -0.2) is 9.97 Å². The highest BCUT2D eigenvalue weighted by Crippen LogP contribution is 2.21. The first kappa shape index (κ1) is 17.6. The number of ether oxygens (including phenoxy) is 1. The molecule has 0 unspecified atom stereocenters. The van der Waals surface area contributed by atoms with Gasteiger partial charge in [-0.2, -0.15) is 0 Å². The summed E-state index contributed by atoms with van der Waals surface area (Å²) in [5.41, 5.74) is 0.417. The van der Waals surface area contributed by atoms with E-state index < -0.39 is 0 Å². The molecule has 1 amide bonds. The van der Waals surface area contributed by atoms with Gasteiger partial charge in [0.15, 0.2) is 0 Å². The van der Waals surface area contributed by atoms with Crippen LogP contribution in [0.4, 0.5) is 5.82 Å². The zero-order chi connectivity index (χ0) is 17.8. The molecular weight excluding hydrogens is 322 g/mol. The quantitative estimate of drug-likeness (QED) is 0.726. The number of likely N-dealkylation sites (tertiary alicyclic amines) is 1. The van der Waals surface area contributed by atoms with Gasteiger partial charge < -0.3 is 19.4 Å². The van der Waals surface area contributed by atoms with E-state index in [1.165, 1.54) is 13.4 Å². The summed E-state index contributed by atoms with van der Waals surface area (Å²) in [6.45, 7) is 4.85. The maximum atomic E-state index is 12.7. The van der Waals surface area contributed by atoms with E-state index in [2.05, 4.69) is 26.8 Å². The second-order valence-corrected chi connectivity index (χ2v) is 6.64. The average Bonchev–Trinajstić information content (AvgIpc) is 2.67. The molecule has 0 bridgehead atoms.